The summed E-state index contributed by atoms with van der Waals surface area (Å²) in [6.07, 6.45) is 0. The zero-order valence-electron chi connectivity index (χ0n) is 14.0. The minimum Gasteiger partial charge on any atom is -0.395 e. The molecule has 26 heavy (non-hydrogen) atoms. The smallest absolute Gasteiger partial charge is 0.233 e. The maximum absolute atomic E-state index is 13.0. The lowest BCUT2D eigenvalue weighted by atomic mass is 9.98. The highest BCUT2D eigenvalue weighted by Gasteiger charge is 2.32. The molecule has 6 heteroatoms. The topological polar surface area (TPSA) is 69.2 Å². The Morgan fingerprint density at radius 2 is 1.88 bits per heavy atom. The summed E-state index contributed by atoms with van der Waals surface area (Å²) >= 11 is 5.96. The first-order valence-corrected chi connectivity index (χ1v) is 8.82. The molecule has 2 aromatic carbocycles. The van der Waals surface area contributed by atoms with Crippen molar-refractivity contribution in [1.29, 1.82) is 0 Å². The average Bonchev–Trinajstić information content (AvgIpc) is 3.25. The highest BCUT2D eigenvalue weighted by Crippen LogP contribution is 2.33. The molecule has 0 radical (unpaired) electrons. The van der Waals surface area contributed by atoms with Crippen molar-refractivity contribution in [3.05, 3.63) is 76.4 Å². The van der Waals surface area contributed by atoms with E-state index >= 15 is 0 Å². The molecule has 4 rings (SSSR count). The van der Waals surface area contributed by atoms with Gasteiger partial charge in [0.05, 0.1) is 37.0 Å². The Bertz CT molecular complexity index is 922. The molecule has 0 saturated carbocycles. The van der Waals surface area contributed by atoms with E-state index in [1.807, 2.05) is 54.6 Å². The number of fused-ring (bicyclic) bond motifs is 1. The lowest BCUT2D eigenvalue weighted by Crippen LogP contribution is -2.32. The number of hydrogen-bond acceptors (Lipinski definition) is 3. The van der Waals surface area contributed by atoms with Gasteiger partial charge in [-0.3, -0.25) is 9.89 Å². The molecule has 3 aromatic rings. The summed E-state index contributed by atoms with van der Waals surface area (Å²) in [7, 11) is 0. The van der Waals surface area contributed by atoms with E-state index in [-0.39, 0.29) is 12.5 Å². The number of hydrogen-bond donors (Lipinski definition) is 2. The summed E-state index contributed by atoms with van der Waals surface area (Å²) in [6.45, 7) is 0.736. The Balaban J connectivity index is 1.57. The number of aliphatic hydroxyl groups is 1. The van der Waals surface area contributed by atoms with Gasteiger partial charge in [0.1, 0.15) is 0 Å². The fourth-order valence-electron chi connectivity index (χ4n) is 3.37. The standard InChI is InChI=1S/C20H18ClN3O2/c21-15-8-6-14(7-9-15)19-16-10-24(11-18(16)22-23-19)20(26)17(12-25)13-4-2-1-3-5-13/h1-9,17,25H,10-12H2,(H,22,23). The van der Waals surface area contributed by atoms with Gasteiger partial charge >= 0.3 is 0 Å². The summed E-state index contributed by atoms with van der Waals surface area (Å²) in [5.41, 5.74) is 4.58. The highest BCUT2D eigenvalue weighted by molar-refractivity contribution is 6.30. The summed E-state index contributed by atoms with van der Waals surface area (Å²) < 4.78 is 0. The van der Waals surface area contributed by atoms with Crippen LogP contribution < -0.4 is 0 Å². The summed E-state index contributed by atoms with van der Waals surface area (Å²) in [5.74, 6) is -0.627. The van der Waals surface area contributed by atoms with E-state index in [1.54, 1.807) is 4.90 Å². The predicted molar refractivity (Wildman–Crippen MR) is 99.6 cm³/mol. The number of H-pyrrole nitrogens is 1. The maximum atomic E-state index is 13.0. The molecule has 1 atom stereocenters. The number of nitrogens with one attached hydrogen (secondary N) is 1. The first kappa shape index (κ1) is 16.8. The number of aromatic amines is 1. The number of carbonyl (C=O) groups is 1. The van der Waals surface area contributed by atoms with Crippen LogP contribution in [0.2, 0.25) is 5.02 Å². The molecule has 1 amide bonds. The molecule has 5 nitrogen and oxygen atoms in total. The van der Waals surface area contributed by atoms with E-state index in [0.29, 0.717) is 18.1 Å². The van der Waals surface area contributed by atoms with Gasteiger partial charge in [0.15, 0.2) is 0 Å². The quantitative estimate of drug-likeness (QED) is 0.743. The summed E-state index contributed by atoms with van der Waals surface area (Å²) in [4.78, 5) is 14.7. The van der Waals surface area contributed by atoms with Crippen molar-refractivity contribution in [3.8, 4) is 11.3 Å². The summed E-state index contributed by atoms with van der Waals surface area (Å²) in [5, 5.41) is 17.9. The largest absolute Gasteiger partial charge is 0.395 e. The van der Waals surface area contributed by atoms with Crippen LogP contribution >= 0.6 is 11.6 Å². The second-order valence-corrected chi connectivity index (χ2v) is 6.81. The monoisotopic (exact) mass is 367 g/mol. The van der Waals surface area contributed by atoms with Crippen molar-refractivity contribution in [1.82, 2.24) is 15.1 Å². The Labute approximate surface area is 156 Å². The van der Waals surface area contributed by atoms with E-state index < -0.39 is 5.92 Å². The zero-order chi connectivity index (χ0) is 18.1. The molecule has 0 fully saturated rings. The first-order chi connectivity index (χ1) is 12.7. The van der Waals surface area contributed by atoms with E-state index in [0.717, 1.165) is 28.1 Å². The van der Waals surface area contributed by atoms with Gasteiger partial charge in [-0.1, -0.05) is 54.1 Å². The van der Waals surface area contributed by atoms with Crippen molar-refractivity contribution >= 4 is 17.5 Å². The van der Waals surface area contributed by atoms with Crippen LogP contribution in [0.4, 0.5) is 0 Å². The number of carbonyl (C=O) groups excluding carboxylic acids is 1. The Morgan fingerprint density at radius 1 is 1.15 bits per heavy atom. The molecule has 1 aromatic heterocycles. The van der Waals surface area contributed by atoms with Crippen LogP contribution in [0.1, 0.15) is 22.7 Å². The minimum atomic E-state index is -0.549. The van der Waals surface area contributed by atoms with Gasteiger partial charge in [-0.05, 0) is 17.7 Å². The zero-order valence-corrected chi connectivity index (χ0v) is 14.8. The van der Waals surface area contributed by atoms with E-state index in [4.69, 9.17) is 11.6 Å². The number of aromatic nitrogens is 2. The van der Waals surface area contributed by atoms with E-state index in [9.17, 15) is 9.90 Å². The van der Waals surface area contributed by atoms with Gasteiger partial charge in [0.2, 0.25) is 5.91 Å². The Morgan fingerprint density at radius 3 is 2.58 bits per heavy atom. The third-order valence-electron chi connectivity index (χ3n) is 4.76. The second kappa shape index (κ2) is 6.94. The predicted octanol–water partition coefficient (Wildman–Crippen LogP) is 3.35. The van der Waals surface area contributed by atoms with Gasteiger partial charge in [0.25, 0.3) is 0 Å². The molecule has 1 aliphatic rings. The Hall–Kier alpha value is -2.63. The minimum absolute atomic E-state index is 0.0784. The van der Waals surface area contributed by atoms with Crippen molar-refractivity contribution in [3.63, 3.8) is 0 Å². The highest BCUT2D eigenvalue weighted by atomic mass is 35.5. The lowest BCUT2D eigenvalue weighted by molar-refractivity contribution is -0.134. The van der Waals surface area contributed by atoms with Crippen LogP contribution in [0, 0.1) is 0 Å². The van der Waals surface area contributed by atoms with Gasteiger partial charge in [-0.2, -0.15) is 5.10 Å². The number of aliphatic hydroxyl groups excluding tert-OH is 1. The second-order valence-electron chi connectivity index (χ2n) is 6.38. The van der Waals surface area contributed by atoms with E-state index in [1.165, 1.54) is 0 Å². The number of rotatable bonds is 4. The molecule has 0 spiro atoms. The normalized spacial score (nSPS) is 14.3. The van der Waals surface area contributed by atoms with Crippen molar-refractivity contribution < 1.29 is 9.90 Å². The lowest BCUT2D eigenvalue weighted by Gasteiger charge is -2.22. The fourth-order valence-corrected chi connectivity index (χ4v) is 3.50. The summed E-state index contributed by atoms with van der Waals surface area (Å²) in [6, 6.07) is 16.9. The molecule has 1 unspecified atom stereocenters. The average molecular weight is 368 g/mol. The molecule has 2 heterocycles. The SMILES string of the molecule is O=C(C(CO)c1ccccc1)N1Cc2[nH]nc(-c3ccc(Cl)cc3)c2C1. The molecule has 0 bridgehead atoms. The van der Waals surface area contributed by atoms with E-state index in [2.05, 4.69) is 10.2 Å². The first-order valence-electron chi connectivity index (χ1n) is 8.44. The molecule has 1 aliphatic heterocycles. The molecule has 0 saturated heterocycles. The number of amides is 1. The van der Waals surface area contributed by atoms with Crippen LogP contribution in [0.5, 0.6) is 0 Å². The van der Waals surface area contributed by atoms with Gasteiger partial charge in [-0.15, -0.1) is 0 Å². The third kappa shape index (κ3) is 3.00. The fraction of sp³-hybridized carbons (Fsp3) is 0.200. The maximum Gasteiger partial charge on any atom is 0.233 e. The van der Waals surface area contributed by atoms with Crippen LogP contribution in [0.15, 0.2) is 54.6 Å². The Kier molecular flexibility index (Phi) is 4.49. The molecule has 0 aliphatic carbocycles. The third-order valence-corrected chi connectivity index (χ3v) is 5.01. The molecular weight excluding hydrogens is 350 g/mol. The van der Waals surface area contributed by atoms with Crippen LogP contribution in [0.25, 0.3) is 11.3 Å². The molecular formula is C20H18ClN3O2. The van der Waals surface area contributed by atoms with Gasteiger partial charge in [-0.25, -0.2) is 0 Å². The van der Waals surface area contributed by atoms with Crippen molar-refractivity contribution in [2.45, 2.75) is 19.0 Å². The van der Waals surface area contributed by atoms with Crippen LogP contribution in [-0.2, 0) is 17.9 Å². The van der Waals surface area contributed by atoms with Crippen molar-refractivity contribution in [2.75, 3.05) is 6.61 Å². The number of halogens is 1. The molecule has 2 N–H and O–H groups in total. The van der Waals surface area contributed by atoms with Crippen LogP contribution in [-0.4, -0.2) is 32.7 Å². The van der Waals surface area contributed by atoms with Crippen molar-refractivity contribution in [2.24, 2.45) is 0 Å². The number of nitrogens with zero attached hydrogens (tertiary/aromatic N) is 2. The van der Waals surface area contributed by atoms with Crippen LogP contribution in [0.3, 0.4) is 0 Å². The molecule has 132 valence electrons. The number of benzene rings is 2. The van der Waals surface area contributed by atoms with Gasteiger partial charge in [0, 0.05) is 16.1 Å². The van der Waals surface area contributed by atoms with Gasteiger partial charge < -0.3 is 10.0 Å².